The zero-order valence-electron chi connectivity index (χ0n) is 14.5. The molecule has 0 saturated heterocycles. The van der Waals surface area contributed by atoms with Crippen molar-refractivity contribution >= 4 is 11.7 Å². The fourth-order valence-corrected chi connectivity index (χ4v) is 2.59. The van der Waals surface area contributed by atoms with Crippen molar-refractivity contribution in [3.63, 3.8) is 0 Å². The lowest BCUT2D eigenvalue weighted by Gasteiger charge is -2.23. The van der Waals surface area contributed by atoms with Gasteiger partial charge in [-0.05, 0) is 29.8 Å². The summed E-state index contributed by atoms with van der Waals surface area (Å²) in [5, 5.41) is 2.93. The number of ether oxygens (including phenoxy) is 1. The van der Waals surface area contributed by atoms with Crippen LogP contribution in [0.15, 0.2) is 91.0 Å². The summed E-state index contributed by atoms with van der Waals surface area (Å²) >= 11 is 0. The minimum absolute atomic E-state index is 0.142. The van der Waals surface area contributed by atoms with Crippen molar-refractivity contribution in [1.82, 2.24) is 5.32 Å². The molecule has 26 heavy (non-hydrogen) atoms. The molecule has 0 aromatic heterocycles. The number of hydrogen-bond acceptors (Lipinski definition) is 2. The summed E-state index contributed by atoms with van der Waals surface area (Å²) in [6.07, 6.45) is 0. The van der Waals surface area contributed by atoms with Crippen LogP contribution in [0.5, 0.6) is 5.75 Å². The van der Waals surface area contributed by atoms with Crippen LogP contribution in [0.2, 0.25) is 0 Å². The lowest BCUT2D eigenvalue weighted by atomic mass is 10.2. The van der Waals surface area contributed by atoms with E-state index >= 15 is 0 Å². The number of carbonyl (C=O) groups is 1. The van der Waals surface area contributed by atoms with Gasteiger partial charge in [0.25, 0.3) is 0 Å². The van der Waals surface area contributed by atoms with Crippen LogP contribution in [0.25, 0.3) is 0 Å². The molecule has 132 valence electrons. The van der Waals surface area contributed by atoms with E-state index in [9.17, 15) is 4.79 Å². The fourth-order valence-electron chi connectivity index (χ4n) is 2.59. The zero-order chi connectivity index (χ0) is 18.0. The minimum Gasteiger partial charge on any atom is -0.492 e. The van der Waals surface area contributed by atoms with Gasteiger partial charge in [0.2, 0.25) is 0 Å². The molecule has 4 nitrogen and oxygen atoms in total. The van der Waals surface area contributed by atoms with Crippen LogP contribution >= 0.6 is 0 Å². The first-order valence-corrected chi connectivity index (χ1v) is 8.65. The second-order valence-electron chi connectivity index (χ2n) is 5.80. The Morgan fingerprint density at radius 1 is 0.808 bits per heavy atom. The number of amides is 2. The third-order valence-corrected chi connectivity index (χ3v) is 3.89. The Hall–Kier alpha value is -3.27. The lowest BCUT2D eigenvalue weighted by Crippen LogP contribution is -2.41. The first-order chi connectivity index (χ1) is 12.8. The molecule has 1 N–H and O–H groups in total. The normalized spacial score (nSPS) is 10.2. The molecule has 0 unspecified atom stereocenters. The van der Waals surface area contributed by atoms with E-state index in [1.807, 2.05) is 91.0 Å². The van der Waals surface area contributed by atoms with Gasteiger partial charge in [0.1, 0.15) is 12.4 Å². The molecule has 0 atom stereocenters. The molecule has 3 aromatic carbocycles. The van der Waals surface area contributed by atoms with Gasteiger partial charge >= 0.3 is 6.03 Å². The molecule has 4 heteroatoms. The van der Waals surface area contributed by atoms with E-state index in [0.717, 1.165) is 17.0 Å². The highest BCUT2D eigenvalue weighted by molar-refractivity contribution is 5.91. The van der Waals surface area contributed by atoms with Crippen molar-refractivity contribution in [2.24, 2.45) is 0 Å². The summed E-state index contributed by atoms with van der Waals surface area (Å²) in [5.41, 5.74) is 1.94. The van der Waals surface area contributed by atoms with Gasteiger partial charge in [0, 0.05) is 5.69 Å². The maximum atomic E-state index is 12.7. The van der Waals surface area contributed by atoms with E-state index in [1.165, 1.54) is 0 Å². The van der Waals surface area contributed by atoms with E-state index < -0.39 is 0 Å². The summed E-state index contributed by atoms with van der Waals surface area (Å²) in [5.74, 6) is 0.797. The van der Waals surface area contributed by atoms with Crippen molar-refractivity contribution in [3.05, 3.63) is 96.6 Å². The standard InChI is InChI=1S/C22H22N2O2/c25-22(23-16-17-26-21-14-8-3-9-15-21)24(20-12-6-2-7-13-20)18-19-10-4-1-5-11-19/h1-15H,16-18H2,(H,23,25). The Balaban J connectivity index is 1.59. The number of para-hydroxylation sites is 2. The summed E-state index contributed by atoms with van der Waals surface area (Å²) in [4.78, 5) is 14.5. The quantitative estimate of drug-likeness (QED) is 0.641. The molecular formula is C22H22N2O2. The van der Waals surface area contributed by atoms with Gasteiger partial charge in [-0.1, -0.05) is 66.7 Å². The van der Waals surface area contributed by atoms with Crippen LogP contribution in [-0.4, -0.2) is 19.2 Å². The number of carbonyl (C=O) groups excluding carboxylic acids is 1. The molecule has 0 aliphatic rings. The van der Waals surface area contributed by atoms with Crippen molar-refractivity contribution in [2.45, 2.75) is 6.54 Å². The molecule has 3 aromatic rings. The van der Waals surface area contributed by atoms with Crippen LogP contribution in [0.3, 0.4) is 0 Å². The molecule has 0 saturated carbocycles. The predicted octanol–water partition coefficient (Wildman–Crippen LogP) is 4.48. The van der Waals surface area contributed by atoms with Crippen molar-refractivity contribution in [2.75, 3.05) is 18.1 Å². The monoisotopic (exact) mass is 346 g/mol. The molecule has 0 radical (unpaired) electrons. The summed E-state index contributed by atoms with van der Waals surface area (Å²) in [6.45, 7) is 1.37. The van der Waals surface area contributed by atoms with Gasteiger partial charge in [-0.15, -0.1) is 0 Å². The number of benzene rings is 3. The van der Waals surface area contributed by atoms with Crippen LogP contribution in [0, 0.1) is 0 Å². The number of rotatable bonds is 7. The Morgan fingerprint density at radius 3 is 2.04 bits per heavy atom. The Bertz CT molecular complexity index is 792. The van der Waals surface area contributed by atoms with Gasteiger partial charge in [-0.25, -0.2) is 4.79 Å². The van der Waals surface area contributed by atoms with E-state index in [0.29, 0.717) is 19.7 Å². The van der Waals surface area contributed by atoms with E-state index in [2.05, 4.69) is 5.32 Å². The highest BCUT2D eigenvalue weighted by atomic mass is 16.5. The smallest absolute Gasteiger partial charge is 0.322 e. The topological polar surface area (TPSA) is 41.6 Å². The molecule has 0 aliphatic carbocycles. The second kappa shape index (κ2) is 9.28. The van der Waals surface area contributed by atoms with Crippen molar-refractivity contribution < 1.29 is 9.53 Å². The third kappa shape index (κ3) is 5.11. The van der Waals surface area contributed by atoms with E-state index in [4.69, 9.17) is 4.74 Å². The molecule has 0 fully saturated rings. The highest BCUT2D eigenvalue weighted by Crippen LogP contribution is 2.17. The summed E-state index contributed by atoms with van der Waals surface area (Å²) in [6, 6.07) is 29.1. The van der Waals surface area contributed by atoms with Gasteiger partial charge in [-0.3, -0.25) is 4.90 Å². The molecule has 0 bridgehead atoms. The average molecular weight is 346 g/mol. The Morgan fingerprint density at radius 2 is 1.38 bits per heavy atom. The average Bonchev–Trinajstić information content (AvgIpc) is 2.71. The summed E-state index contributed by atoms with van der Waals surface area (Å²) in [7, 11) is 0. The van der Waals surface area contributed by atoms with Crippen molar-refractivity contribution in [3.8, 4) is 5.75 Å². The SMILES string of the molecule is O=C(NCCOc1ccccc1)N(Cc1ccccc1)c1ccccc1. The van der Waals surface area contributed by atoms with Gasteiger partial charge in [-0.2, -0.15) is 0 Å². The number of nitrogens with one attached hydrogen (secondary N) is 1. The van der Waals surface area contributed by atoms with Gasteiger partial charge < -0.3 is 10.1 Å². The molecule has 0 aliphatic heterocycles. The first-order valence-electron chi connectivity index (χ1n) is 8.65. The second-order valence-corrected chi connectivity index (χ2v) is 5.80. The zero-order valence-corrected chi connectivity index (χ0v) is 14.5. The van der Waals surface area contributed by atoms with Crippen molar-refractivity contribution in [1.29, 1.82) is 0 Å². The predicted molar refractivity (Wildman–Crippen MR) is 104 cm³/mol. The first kappa shape index (κ1) is 17.5. The van der Waals surface area contributed by atoms with Gasteiger partial charge in [0.15, 0.2) is 0 Å². The summed E-state index contributed by atoms with van der Waals surface area (Å²) < 4.78 is 5.63. The number of hydrogen-bond donors (Lipinski definition) is 1. The molecule has 2 amide bonds. The largest absolute Gasteiger partial charge is 0.492 e. The highest BCUT2D eigenvalue weighted by Gasteiger charge is 2.15. The Kier molecular flexibility index (Phi) is 6.26. The number of anilines is 1. The maximum Gasteiger partial charge on any atom is 0.322 e. The minimum atomic E-state index is -0.142. The Labute approximate surface area is 154 Å². The van der Waals surface area contributed by atoms with E-state index in [-0.39, 0.29) is 6.03 Å². The van der Waals surface area contributed by atoms with Crippen LogP contribution in [0.1, 0.15) is 5.56 Å². The number of urea groups is 1. The lowest BCUT2D eigenvalue weighted by molar-refractivity contribution is 0.241. The molecule has 0 spiro atoms. The maximum absolute atomic E-state index is 12.7. The molecule has 0 heterocycles. The van der Waals surface area contributed by atoms with Crippen LogP contribution < -0.4 is 15.0 Å². The van der Waals surface area contributed by atoms with Gasteiger partial charge in [0.05, 0.1) is 13.1 Å². The van der Waals surface area contributed by atoms with Crippen LogP contribution in [0.4, 0.5) is 10.5 Å². The number of nitrogens with zero attached hydrogens (tertiary/aromatic N) is 1. The third-order valence-electron chi connectivity index (χ3n) is 3.89. The molecular weight excluding hydrogens is 324 g/mol. The fraction of sp³-hybridized carbons (Fsp3) is 0.136. The molecule has 3 rings (SSSR count). The van der Waals surface area contributed by atoms with E-state index in [1.54, 1.807) is 4.90 Å². The van der Waals surface area contributed by atoms with Crippen LogP contribution in [-0.2, 0) is 6.54 Å².